The van der Waals surface area contributed by atoms with Gasteiger partial charge in [0.15, 0.2) is 0 Å². The molecule has 0 amide bonds. The number of nitrogens with one attached hydrogen (secondary N) is 1. The summed E-state index contributed by atoms with van der Waals surface area (Å²) in [4.78, 5) is 11.8. The Hall–Kier alpha value is -2.20. The zero-order valence-corrected chi connectivity index (χ0v) is 16.0. The molecule has 0 saturated carbocycles. The van der Waals surface area contributed by atoms with Gasteiger partial charge in [-0.25, -0.2) is 13.2 Å². The molecule has 0 spiro atoms. The van der Waals surface area contributed by atoms with Crippen LogP contribution in [0, 0.1) is 0 Å². The van der Waals surface area contributed by atoms with Crippen molar-refractivity contribution in [1.29, 1.82) is 0 Å². The van der Waals surface area contributed by atoms with Crippen LogP contribution in [0.2, 0.25) is 0 Å². The number of sulfonamides is 1. The van der Waals surface area contributed by atoms with Crippen LogP contribution in [0.3, 0.4) is 0 Å². The summed E-state index contributed by atoms with van der Waals surface area (Å²) in [5.41, 5.74) is 9.95. The molecule has 25 heavy (non-hydrogen) atoms. The molecule has 0 aliphatic carbocycles. The minimum atomic E-state index is -4.14. The van der Waals surface area contributed by atoms with Gasteiger partial charge in [0.2, 0.25) is 0 Å². The van der Waals surface area contributed by atoms with Crippen molar-refractivity contribution in [1.82, 2.24) is 0 Å². The summed E-state index contributed by atoms with van der Waals surface area (Å²) in [6.07, 6.45) is 0. The maximum Gasteiger partial charge on any atom is 1.00 e. The van der Waals surface area contributed by atoms with Gasteiger partial charge in [-0.15, -0.1) is 0 Å². The summed E-state index contributed by atoms with van der Waals surface area (Å²) in [5, 5.41) is 12.4. The van der Waals surface area contributed by atoms with Crippen LogP contribution in [0.25, 0.3) is 11.0 Å². The molecular weight excluding hydrogens is 357 g/mol. The number of benzene rings is 2. The van der Waals surface area contributed by atoms with E-state index in [0.717, 1.165) is 0 Å². The van der Waals surface area contributed by atoms with E-state index in [9.17, 15) is 18.3 Å². The molecule has 1 heterocycles. The Morgan fingerprint density at radius 2 is 1.60 bits per heavy atom. The number of rotatable bonds is 3. The predicted octanol–water partition coefficient (Wildman–Crippen LogP) is -2.16. The molecule has 124 valence electrons. The molecule has 0 atom stereocenters. The monoisotopic (exact) mass is 369 g/mol. The second kappa shape index (κ2) is 6.96. The van der Waals surface area contributed by atoms with Crippen LogP contribution in [-0.2, 0) is 10.0 Å². The first kappa shape index (κ1) is 19.1. The third-order valence-electron chi connectivity index (χ3n) is 3.31. The fraction of sp³-hybridized carbons (Fsp3) is 0. The molecule has 5 N–H and O–H groups in total. The maximum absolute atomic E-state index is 12.4. The van der Waals surface area contributed by atoms with Gasteiger partial charge in [-0.3, -0.25) is 4.72 Å². The van der Waals surface area contributed by atoms with E-state index < -0.39 is 27.1 Å². The van der Waals surface area contributed by atoms with Gasteiger partial charge < -0.3 is 21.0 Å². The van der Waals surface area contributed by atoms with Crippen molar-refractivity contribution in [3.05, 3.63) is 52.9 Å². The summed E-state index contributed by atoms with van der Waals surface area (Å²) in [7, 11) is -4.14. The van der Waals surface area contributed by atoms with Gasteiger partial charge in [-0.2, -0.15) is 0 Å². The first-order valence-electron chi connectivity index (χ1n) is 6.69. The van der Waals surface area contributed by atoms with Crippen LogP contribution in [0.1, 0.15) is 0 Å². The normalized spacial score (nSPS) is 11.0. The first-order chi connectivity index (χ1) is 11.3. The molecule has 1 aromatic heterocycles. The summed E-state index contributed by atoms with van der Waals surface area (Å²) in [6, 6.07) is 9.41. The molecule has 8 nitrogen and oxygen atoms in total. The molecule has 0 radical (unpaired) electrons. The van der Waals surface area contributed by atoms with Crippen molar-refractivity contribution < 1.29 is 47.5 Å². The van der Waals surface area contributed by atoms with Gasteiger partial charge in [-0.1, -0.05) is 5.75 Å². The minimum absolute atomic E-state index is 0. The average Bonchev–Trinajstić information content (AvgIpc) is 2.51. The molecule has 0 fully saturated rings. The number of anilines is 3. The molecule has 3 rings (SSSR count). The van der Waals surface area contributed by atoms with Gasteiger partial charge in [0, 0.05) is 22.8 Å². The Balaban J connectivity index is 0.00000225. The molecule has 2 aromatic carbocycles. The third-order valence-corrected chi connectivity index (χ3v) is 4.68. The molecular formula is C15H12N3NaO5S. The number of nitrogens with two attached hydrogens (primary N) is 2. The van der Waals surface area contributed by atoms with E-state index in [-0.39, 0.29) is 45.4 Å². The number of hydrogen-bond donors (Lipinski definition) is 3. The largest absolute Gasteiger partial charge is 1.00 e. The predicted molar refractivity (Wildman–Crippen MR) is 88.0 cm³/mol. The van der Waals surface area contributed by atoms with E-state index in [1.165, 1.54) is 42.5 Å². The van der Waals surface area contributed by atoms with Crippen LogP contribution < -0.4 is 56.5 Å². The quantitative estimate of drug-likeness (QED) is 0.270. The van der Waals surface area contributed by atoms with Crippen LogP contribution in [0.4, 0.5) is 17.1 Å². The Morgan fingerprint density at radius 3 is 2.24 bits per heavy atom. The van der Waals surface area contributed by atoms with Crippen LogP contribution in [-0.4, -0.2) is 8.42 Å². The molecule has 0 saturated heterocycles. The van der Waals surface area contributed by atoms with Crippen LogP contribution >= 0.6 is 0 Å². The smallest absolute Gasteiger partial charge is 0.870 e. The topological polar surface area (TPSA) is 151 Å². The first-order valence-corrected chi connectivity index (χ1v) is 8.18. The SMILES string of the molecule is Nc1ccc(S(=O)(=O)Nc2c([O-])c3ccc(N)cc3oc2=O)cc1.[Na+]. The summed E-state index contributed by atoms with van der Waals surface area (Å²) in [6.45, 7) is 0. The molecule has 10 heteroatoms. The second-order valence-corrected chi connectivity index (χ2v) is 6.71. The second-order valence-electron chi connectivity index (χ2n) is 5.02. The minimum Gasteiger partial charge on any atom is -0.870 e. The standard InChI is InChI=1S/C15H13N3O5S.Na/c16-8-1-4-10(5-2-8)24(21,22)18-13-14(19)11-6-3-9(17)7-12(11)23-15(13)20;/h1-7,18-19H,16-17H2;/q;+1/p-1. The average molecular weight is 369 g/mol. The molecule has 0 unspecified atom stereocenters. The van der Waals surface area contributed by atoms with E-state index in [1.807, 2.05) is 4.72 Å². The van der Waals surface area contributed by atoms with Crippen molar-refractivity contribution in [3.63, 3.8) is 0 Å². The fourth-order valence-corrected chi connectivity index (χ4v) is 3.17. The molecule has 3 aromatic rings. The van der Waals surface area contributed by atoms with Gasteiger partial charge >= 0.3 is 35.2 Å². The summed E-state index contributed by atoms with van der Waals surface area (Å²) >= 11 is 0. The van der Waals surface area contributed by atoms with Crippen LogP contribution in [0.5, 0.6) is 5.75 Å². The van der Waals surface area contributed by atoms with E-state index in [1.54, 1.807) is 0 Å². The number of fused-ring (bicyclic) bond motifs is 1. The van der Waals surface area contributed by atoms with Crippen molar-refractivity contribution in [2.24, 2.45) is 0 Å². The summed E-state index contributed by atoms with van der Waals surface area (Å²) in [5.74, 6) is -0.791. The Bertz CT molecular complexity index is 1090. The molecule has 0 aliphatic heterocycles. The number of nitrogen functional groups attached to an aromatic ring is 2. The van der Waals surface area contributed by atoms with E-state index in [4.69, 9.17) is 15.9 Å². The summed E-state index contributed by atoms with van der Waals surface area (Å²) < 4.78 is 31.6. The van der Waals surface area contributed by atoms with Gasteiger partial charge in [-0.05, 0) is 36.4 Å². The van der Waals surface area contributed by atoms with Crippen molar-refractivity contribution in [2.45, 2.75) is 4.90 Å². The van der Waals surface area contributed by atoms with Crippen molar-refractivity contribution in [2.75, 3.05) is 16.2 Å². The Kier molecular flexibility index (Phi) is 5.33. The Morgan fingerprint density at radius 1 is 1.00 bits per heavy atom. The molecule has 0 bridgehead atoms. The van der Waals surface area contributed by atoms with Gasteiger partial charge in [0.05, 0.1) is 4.90 Å². The maximum atomic E-state index is 12.4. The third kappa shape index (κ3) is 3.74. The van der Waals surface area contributed by atoms with Crippen molar-refractivity contribution in [3.8, 4) is 5.75 Å². The van der Waals surface area contributed by atoms with Crippen molar-refractivity contribution >= 4 is 38.1 Å². The Labute approximate surface area is 164 Å². The molecule has 0 aliphatic rings. The van der Waals surface area contributed by atoms with E-state index >= 15 is 0 Å². The van der Waals surface area contributed by atoms with Gasteiger partial charge in [0.1, 0.15) is 11.3 Å². The van der Waals surface area contributed by atoms with E-state index in [2.05, 4.69) is 0 Å². The van der Waals surface area contributed by atoms with E-state index in [0.29, 0.717) is 11.4 Å². The van der Waals surface area contributed by atoms with Crippen LogP contribution in [0.15, 0.2) is 56.6 Å². The fourth-order valence-electron chi connectivity index (χ4n) is 2.12. The van der Waals surface area contributed by atoms with Gasteiger partial charge in [0.25, 0.3) is 10.0 Å². The number of hydrogen-bond acceptors (Lipinski definition) is 7. The zero-order valence-electron chi connectivity index (χ0n) is 13.1. The zero-order chi connectivity index (χ0) is 17.5.